The number of hydrogen-bond acceptors (Lipinski definition) is 5. The summed E-state index contributed by atoms with van der Waals surface area (Å²) in [5.41, 5.74) is 1.22. The molecule has 142 valence electrons. The van der Waals surface area contributed by atoms with Crippen molar-refractivity contribution in [3.8, 4) is 5.75 Å². The van der Waals surface area contributed by atoms with E-state index in [4.69, 9.17) is 4.74 Å². The number of rotatable bonds is 8. The molecular weight excluding hydrogens is 342 g/mol. The van der Waals surface area contributed by atoms with Gasteiger partial charge in [0.05, 0.1) is 12.5 Å². The van der Waals surface area contributed by atoms with Gasteiger partial charge in [-0.25, -0.2) is 9.50 Å². The Morgan fingerprint density at radius 1 is 1.22 bits per heavy atom. The van der Waals surface area contributed by atoms with Gasteiger partial charge in [-0.15, -0.1) is 5.10 Å². The number of carbonyl (C=O) groups excluding carboxylic acids is 1. The van der Waals surface area contributed by atoms with Crippen molar-refractivity contribution in [1.82, 2.24) is 24.9 Å². The number of amides is 1. The molecule has 3 rings (SSSR count). The molecule has 1 aromatic carbocycles. The van der Waals surface area contributed by atoms with E-state index in [9.17, 15) is 4.79 Å². The van der Waals surface area contributed by atoms with Crippen LogP contribution in [0.3, 0.4) is 0 Å². The van der Waals surface area contributed by atoms with Crippen molar-refractivity contribution in [1.29, 1.82) is 0 Å². The molecule has 0 bridgehead atoms. The number of ether oxygens (including phenoxy) is 1. The smallest absolute Gasteiger partial charge is 0.252 e. The Hall–Kier alpha value is -2.96. The number of aromatic nitrogens is 4. The molecule has 0 radical (unpaired) electrons. The highest BCUT2D eigenvalue weighted by Crippen LogP contribution is 2.15. The average molecular weight is 367 g/mol. The Balaban J connectivity index is 1.45. The van der Waals surface area contributed by atoms with Crippen molar-refractivity contribution in [2.24, 2.45) is 0 Å². The van der Waals surface area contributed by atoms with E-state index in [2.05, 4.69) is 32.5 Å². The third-order valence-corrected chi connectivity index (χ3v) is 4.05. The molecule has 1 N–H and O–H groups in total. The molecule has 0 aliphatic rings. The van der Waals surface area contributed by atoms with Crippen LogP contribution in [0.1, 0.15) is 38.6 Å². The lowest BCUT2D eigenvalue weighted by molar-refractivity contribution is -0.121. The zero-order chi connectivity index (χ0) is 19.2. The third kappa shape index (κ3) is 5.51. The molecule has 0 unspecified atom stereocenters. The average Bonchev–Trinajstić information content (AvgIpc) is 3.02. The number of hydrogen-bond donors (Lipinski definition) is 1. The number of carbonyl (C=O) groups is 1. The SMILES string of the molecule is CC(C)Oc1ccc(CC[C@H](C)NC(=O)Cc2nc3ncccn3n2)cc1. The molecule has 0 saturated heterocycles. The summed E-state index contributed by atoms with van der Waals surface area (Å²) in [6.07, 6.45) is 5.48. The molecule has 0 fully saturated rings. The lowest BCUT2D eigenvalue weighted by Crippen LogP contribution is -2.34. The first-order valence-electron chi connectivity index (χ1n) is 9.21. The van der Waals surface area contributed by atoms with E-state index in [1.54, 1.807) is 23.0 Å². The fourth-order valence-corrected chi connectivity index (χ4v) is 2.78. The minimum atomic E-state index is -0.0842. The van der Waals surface area contributed by atoms with E-state index in [1.165, 1.54) is 5.56 Å². The molecule has 27 heavy (non-hydrogen) atoms. The van der Waals surface area contributed by atoms with Crippen LogP contribution in [0.4, 0.5) is 0 Å². The maximum atomic E-state index is 12.2. The summed E-state index contributed by atoms with van der Waals surface area (Å²) in [6.45, 7) is 6.03. The van der Waals surface area contributed by atoms with Gasteiger partial charge in [0.15, 0.2) is 5.82 Å². The topological polar surface area (TPSA) is 81.4 Å². The number of fused-ring (bicyclic) bond motifs is 1. The van der Waals surface area contributed by atoms with Gasteiger partial charge in [0.25, 0.3) is 5.78 Å². The van der Waals surface area contributed by atoms with Crippen LogP contribution >= 0.6 is 0 Å². The highest BCUT2D eigenvalue weighted by atomic mass is 16.5. The van der Waals surface area contributed by atoms with E-state index in [0.717, 1.165) is 18.6 Å². The van der Waals surface area contributed by atoms with Crippen molar-refractivity contribution < 1.29 is 9.53 Å². The van der Waals surface area contributed by atoms with Gasteiger partial charge in [-0.3, -0.25) is 4.79 Å². The first-order chi connectivity index (χ1) is 13.0. The highest BCUT2D eigenvalue weighted by Gasteiger charge is 2.12. The molecule has 0 spiro atoms. The minimum absolute atomic E-state index is 0.0687. The number of nitrogens with one attached hydrogen (secondary N) is 1. The first kappa shape index (κ1) is 18.8. The van der Waals surface area contributed by atoms with Gasteiger partial charge in [0, 0.05) is 18.4 Å². The Morgan fingerprint density at radius 3 is 2.70 bits per heavy atom. The van der Waals surface area contributed by atoms with Crippen LogP contribution in [-0.4, -0.2) is 37.6 Å². The third-order valence-electron chi connectivity index (χ3n) is 4.05. The van der Waals surface area contributed by atoms with Crippen LogP contribution in [0.5, 0.6) is 5.75 Å². The second-order valence-corrected chi connectivity index (χ2v) is 6.89. The second-order valence-electron chi connectivity index (χ2n) is 6.89. The van der Waals surface area contributed by atoms with Gasteiger partial charge in [0.2, 0.25) is 5.91 Å². The summed E-state index contributed by atoms with van der Waals surface area (Å²) >= 11 is 0. The van der Waals surface area contributed by atoms with E-state index >= 15 is 0 Å². The molecule has 0 aliphatic carbocycles. The normalized spacial score (nSPS) is 12.3. The van der Waals surface area contributed by atoms with Gasteiger partial charge in [0.1, 0.15) is 5.75 Å². The fraction of sp³-hybridized carbons (Fsp3) is 0.400. The second kappa shape index (κ2) is 8.62. The van der Waals surface area contributed by atoms with Crippen molar-refractivity contribution in [2.75, 3.05) is 0 Å². The fourth-order valence-electron chi connectivity index (χ4n) is 2.78. The van der Waals surface area contributed by atoms with Crippen molar-refractivity contribution in [3.05, 3.63) is 54.1 Å². The van der Waals surface area contributed by atoms with Gasteiger partial charge in [-0.05, 0) is 57.4 Å². The number of nitrogens with zero attached hydrogens (tertiary/aromatic N) is 4. The molecule has 0 aliphatic heterocycles. The van der Waals surface area contributed by atoms with Crippen LogP contribution in [0, 0.1) is 0 Å². The minimum Gasteiger partial charge on any atom is -0.491 e. The van der Waals surface area contributed by atoms with Gasteiger partial charge < -0.3 is 10.1 Å². The van der Waals surface area contributed by atoms with E-state index in [-0.39, 0.29) is 24.5 Å². The number of benzene rings is 1. The largest absolute Gasteiger partial charge is 0.491 e. The van der Waals surface area contributed by atoms with Crippen LogP contribution in [0.15, 0.2) is 42.7 Å². The standard InChI is InChI=1S/C20H25N5O2/c1-14(2)27-17-9-7-16(8-10-17)6-5-15(3)22-19(26)13-18-23-20-21-11-4-12-25(20)24-18/h4,7-12,14-15H,5-6,13H2,1-3H3,(H,22,26)/t15-/m0/s1. The molecular formula is C20H25N5O2. The summed E-state index contributed by atoms with van der Waals surface area (Å²) in [4.78, 5) is 20.6. The van der Waals surface area contributed by atoms with Gasteiger partial charge in [-0.2, -0.15) is 4.98 Å². The molecule has 2 heterocycles. The number of aryl methyl sites for hydroxylation is 1. The van der Waals surface area contributed by atoms with Crippen molar-refractivity contribution in [3.63, 3.8) is 0 Å². The highest BCUT2D eigenvalue weighted by molar-refractivity contribution is 5.78. The van der Waals surface area contributed by atoms with Crippen LogP contribution in [0.25, 0.3) is 5.78 Å². The molecule has 0 saturated carbocycles. The van der Waals surface area contributed by atoms with E-state index in [0.29, 0.717) is 11.6 Å². The van der Waals surface area contributed by atoms with Gasteiger partial charge in [-0.1, -0.05) is 12.1 Å². The molecule has 3 aromatic rings. The molecule has 2 aromatic heterocycles. The van der Waals surface area contributed by atoms with Crippen molar-refractivity contribution in [2.45, 2.75) is 52.2 Å². The quantitative estimate of drug-likeness (QED) is 0.662. The van der Waals surface area contributed by atoms with Crippen LogP contribution < -0.4 is 10.1 Å². The molecule has 1 atom stereocenters. The van der Waals surface area contributed by atoms with Crippen LogP contribution in [0.2, 0.25) is 0 Å². The summed E-state index contributed by atoms with van der Waals surface area (Å²) in [5, 5.41) is 7.26. The predicted molar refractivity (Wildman–Crippen MR) is 103 cm³/mol. The maximum absolute atomic E-state index is 12.2. The summed E-state index contributed by atoms with van der Waals surface area (Å²) in [5.74, 6) is 1.76. The summed E-state index contributed by atoms with van der Waals surface area (Å²) < 4.78 is 7.22. The maximum Gasteiger partial charge on any atom is 0.252 e. The van der Waals surface area contributed by atoms with Crippen LogP contribution in [-0.2, 0) is 17.6 Å². The predicted octanol–water partition coefficient (Wildman–Crippen LogP) is 2.59. The molecule has 7 heteroatoms. The Morgan fingerprint density at radius 2 is 2.00 bits per heavy atom. The Labute approximate surface area is 158 Å². The first-order valence-corrected chi connectivity index (χ1v) is 9.21. The lowest BCUT2D eigenvalue weighted by atomic mass is 10.1. The summed E-state index contributed by atoms with van der Waals surface area (Å²) in [6, 6.07) is 9.96. The monoisotopic (exact) mass is 367 g/mol. The Bertz CT molecular complexity index is 856. The summed E-state index contributed by atoms with van der Waals surface area (Å²) in [7, 11) is 0. The molecule has 1 amide bonds. The van der Waals surface area contributed by atoms with Gasteiger partial charge >= 0.3 is 0 Å². The zero-order valence-electron chi connectivity index (χ0n) is 15.9. The lowest BCUT2D eigenvalue weighted by Gasteiger charge is -2.14. The van der Waals surface area contributed by atoms with E-state index in [1.807, 2.05) is 32.9 Å². The van der Waals surface area contributed by atoms with Crippen molar-refractivity contribution >= 4 is 11.7 Å². The zero-order valence-corrected chi connectivity index (χ0v) is 15.9. The van der Waals surface area contributed by atoms with E-state index < -0.39 is 0 Å². The molecule has 7 nitrogen and oxygen atoms in total. The Kier molecular flexibility index (Phi) is 6.01.